The fourth-order valence-corrected chi connectivity index (χ4v) is 3.15. The fourth-order valence-electron chi connectivity index (χ4n) is 3.15. The average molecular weight is 346 g/mol. The van der Waals surface area contributed by atoms with E-state index in [1.165, 1.54) is 0 Å². The molecule has 0 amide bonds. The number of nitrogens with zero attached hydrogens (tertiary/aromatic N) is 6. The number of aryl methyl sites for hydroxylation is 1. The molecule has 0 saturated carbocycles. The van der Waals surface area contributed by atoms with Crippen LogP contribution in [0.25, 0.3) is 22.3 Å². The zero-order chi connectivity index (χ0) is 17.9. The summed E-state index contributed by atoms with van der Waals surface area (Å²) in [6.07, 6.45) is 7.42. The lowest BCUT2D eigenvalue weighted by Crippen LogP contribution is -2.13. The van der Waals surface area contributed by atoms with Crippen LogP contribution in [0, 0.1) is 0 Å². The molecule has 4 aromatic rings. The monoisotopic (exact) mass is 346 g/mol. The molecule has 26 heavy (non-hydrogen) atoms. The number of pyridine rings is 1. The van der Waals surface area contributed by atoms with Gasteiger partial charge in [-0.15, -0.1) is 0 Å². The van der Waals surface area contributed by atoms with Gasteiger partial charge in [-0.1, -0.05) is 13.0 Å². The predicted octanol–water partition coefficient (Wildman–Crippen LogP) is 3.90. The number of aromatic nitrogens is 6. The Morgan fingerprint density at radius 1 is 1.12 bits per heavy atom. The maximum absolute atomic E-state index is 4.85. The normalized spacial score (nSPS) is 12.5. The molecule has 0 spiro atoms. The lowest BCUT2D eigenvalue weighted by Gasteiger charge is -2.12. The second kappa shape index (κ2) is 7.07. The van der Waals surface area contributed by atoms with Crippen molar-refractivity contribution in [1.29, 1.82) is 0 Å². The van der Waals surface area contributed by atoms with Gasteiger partial charge in [-0.05, 0) is 43.7 Å². The van der Waals surface area contributed by atoms with Crippen LogP contribution in [0.5, 0.6) is 0 Å². The Hall–Kier alpha value is -3.02. The van der Waals surface area contributed by atoms with Crippen molar-refractivity contribution in [2.45, 2.75) is 39.3 Å². The Labute approximate surface area is 152 Å². The number of rotatable bonds is 6. The molecule has 0 bridgehead atoms. The van der Waals surface area contributed by atoms with Crippen molar-refractivity contribution in [1.82, 2.24) is 29.5 Å². The molecule has 3 aromatic heterocycles. The van der Waals surface area contributed by atoms with Gasteiger partial charge < -0.3 is 0 Å². The number of hydrogen-bond acceptors (Lipinski definition) is 4. The first kappa shape index (κ1) is 16.4. The largest absolute Gasteiger partial charge is 0.270 e. The zero-order valence-electron chi connectivity index (χ0n) is 15.1. The van der Waals surface area contributed by atoms with Gasteiger partial charge in [0.15, 0.2) is 5.82 Å². The van der Waals surface area contributed by atoms with Crippen molar-refractivity contribution in [2.24, 2.45) is 0 Å². The van der Waals surface area contributed by atoms with Crippen LogP contribution in [0.1, 0.15) is 32.1 Å². The fraction of sp³-hybridized carbons (Fsp3) is 0.300. The molecule has 0 N–H and O–H groups in total. The highest BCUT2D eigenvalue weighted by Crippen LogP contribution is 2.22. The number of fused-ring (bicyclic) bond motifs is 1. The first-order chi connectivity index (χ1) is 12.7. The van der Waals surface area contributed by atoms with Crippen molar-refractivity contribution in [3.8, 4) is 11.4 Å². The molecule has 0 saturated heterocycles. The molecule has 6 nitrogen and oxygen atoms in total. The Kier molecular flexibility index (Phi) is 4.48. The smallest absolute Gasteiger partial charge is 0.181 e. The van der Waals surface area contributed by atoms with Crippen LogP contribution in [-0.4, -0.2) is 29.5 Å². The predicted molar refractivity (Wildman–Crippen MR) is 102 cm³/mol. The maximum Gasteiger partial charge on any atom is 0.181 e. The average Bonchev–Trinajstić information content (AvgIpc) is 3.32. The highest BCUT2D eigenvalue weighted by atomic mass is 15.4. The van der Waals surface area contributed by atoms with Gasteiger partial charge in [0, 0.05) is 42.5 Å². The van der Waals surface area contributed by atoms with E-state index < -0.39 is 0 Å². The van der Waals surface area contributed by atoms with Crippen LogP contribution in [0.15, 0.2) is 55.0 Å². The summed E-state index contributed by atoms with van der Waals surface area (Å²) in [5, 5.41) is 10.2. The molecule has 0 aliphatic carbocycles. The van der Waals surface area contributed by atoms with E-state index in [0.717, 1.165) is 47.5 Å². The minimum atomic E-state index is 0.235. The summed E-state index contributed by atoms with van der Waals surface area (Å²) >= 11 is 0. The third-order valence-corrected chi connectivity index (χ3v) is 4.50. The first-order valence-corrected chi connectivity index (χ1v) is 9.02. The Bertz CT molecular complexity index is 1000. The van der Waals surface area contributed by atoms with Crippen molar-refractivity contribution >= 4 is 10.9 Å². The molecule has 4 rings (SSSR count). The summed E-state index contributed by atoms with van der Waals surface area (Å²) in [5.74, 6) is 1.77. The van der Waals surface area contributed by atoms with E-state index in [4.69, 9.17) is 10.1 Å². The summed E-state index contributed by atoms with van der Waals surface area (Å²) < 4.78 is 4.00. The molecular formula is C20H22N6. The molecule has 0 radical (unpaired) electrons. The Morgan fingerprint density at radius 2 is 2.04 bits per heavy atom. The summed E-state index contributed by atoms with van der Waals surface area (Å²) in [7, 11) is 0. The SMILES string of the molecule is CCCn1nc(-c2ccc3ncccc3c2)nc1CC(C)n1cccn1. The lowest BCUT2D eigenvalue weighted by molar-refractivity contribution is 0.457. The van der Waals surface area contributed by atoms with Crippen LogP contribution in [0.2, 0.25) is 0 Å². The highest BCUT2D eigenvalue weighted by Gasteiger charge is 2.15. The van der Waals surface area contributed by atoms with E-state index in [1.807, 2.05) is 52.2 Å². The van der Waals surface area contributed by atoms with E-state index in [9.17, 15) is 0 Å². The Morgan fingerprint density at radius 3 is 2.85 bits per heavy atom. The van der Waals surface area contributed by atoms with Crippen LogP contribution in [-0.2, 0) is 13.0 Å². The van der Waals surface area contributed by atoms with E-state index in [2.05, 4.69) is 36.1 Å². The molecule has 0 aliphatic heterocycles. The van der Waals surface area contributed by atoms with E-state index in [-0.39, 0.29) is 6.04 Å². The summed E-state index contributed by atoms with van der Waals surface area (Å²) in [4.78, 5) is 9.23. The van der Waals surface area contributed by atoms with E-state index in [1.54, 1.807) is 0 Å². The topological polar surface area (TPSA) is 61.4 Å². The highest BCUT2D eigenvalue weighted by molar-refractivity contribution is 5.82. The van der Waals surface area contributed by atoms with Gasteiger partial charge in [0.25, 0.3) is 0 Å². The standard InChI is InChI=1S/C20H22N6/c1-3-11-26-19(13-15(2)25-12-5-10-22-25)23-20(24-26)17-7-8-18-16(14-17)6-4-9-21-18/h4-10,12,14-15H,3,11,13H2,1-2H3. The molecule has 132 valence electrons. The van der Waals surface area contributed by atoms with Gasteiger partial charge in [0.05, 0.1) is 11.6 Å². The van der Waals surface area contributed by atoms with Crippen molar-refractivity contribution in [3.05, 3.63) is 60.8 Å². The first-order valence-electron chi connectivity index (χ1n) is 9.02. The van der Waals surface area contributed by atoms with E-state index >= 15 is 0 Å². The second-order valence-electron chi connectivity index (χ2n) is 6.52. The van der Waals surface area contributed by atoms with Gasteiger partial charge >= 0.3 is 0 Å². The summed E-state index contributed by atoms with van der Waals surface area (Å²) in [6.45, 7) is 5.17. The van der Waals surface area contributed by atoms with Crippen molar-refractivity contribution in [2.75, 3.05) is 0 Å². The second-order valence-corrected chi connectivity index (χ2v) is 6.52. The molecule has 1 unspecified atom stereocenters. The molecule has 0 aliphatic rings. The molecular weight excluding hydrogens is 324 g/mol. The molecule has 1 atom stereocenters. The minimum Gasteiger partial charge on any atom is -0.270 e. The van der Waals surface area contributed by atoms with Gasteiger partial charge in [0.2, 0.25) is 0 Å². The molecule has 3 heterocycles. The summed E-state index contributed by atoms with van der Waals surface area (Å²) in [5.41, 5.74) is 2.00. The van der Waals surface area contributed by atoms with E-state index in [0.29, 0.717) is 0 Å². The molecule has 6 heteroatoms. The Balaban J connectivity index is 1.68. The quantitative estimate of drug-likeness (QED) is 0.531. The lowest BCUT2D eigenvalue weighted by atomic mass is 10.1. The zero-order valence-corrected chi connectivity index (χ0v) is 15.1. The third-order valence-electron chi connectivity index (χ3n) is 4.50. The van der Waals surface area contributed by atoms with Gasteiger partial charge in [-0.2, -0.15) is 10.2 Å². The minimum absolute atomic E-state index is 0.235. The molecule has 0 fully saturated rings. The van der Waals surface area contributed by atoms with Crippen molar-refractivity contribution < 1.29 is 0 Å². The number of benzene rings is 1. The third kappa shape index (κ3) is 3.22. The van der Waals surface area contributed by atoms with Crippen LogP contribution in [0.4, 0.5) is 0 Å². The van der Waals surface area contributed by atoms with Crippen LogP contribution >= 0.6 is 0 Å². The van der Waals surface area contributed by atoms with Crippen LogP contribution in [0.3, 0.4) is 0 Å². The van der Waals surface area contributed by atoms with Gasteiger partial charge in [-0.3, -0.25) is 9.67 Å². The van der Waals surface area contributed by atoms with Crippen molar-refractivity contribution in [3.63, 3.8) is 0 Å². The van der Waals surface area contributed by atoms with Gasteiger partial charge in [0.1, 0.15) is 5.82 Å². The summed E-state index contributed by atoms with van der Waals surface area (Å²) in [6, 6.07) is 12.4. The number of hydrogen-bond donors (Lipinski definition) is 0. The molecule has 1 aromatic carbocycles. The maximum atomic E-state index is 4.85. The van der Waals surface area contributed by atoms with Crippen LogP contribution < -0.4 is 0 Å². The van der Waals surface area contributed by atoms with Gasteiger partial charge in [-0.25, -0.2) is 9.67 Å².